The first-order chi connectivity index (χ1) is 12.1. The molecule has 0 spiro atoms. The van der Waals surface area contributed by atoms with Gasteiger partial charge in [0.2, 0.25) is 0 Å². The molecule has 0 aliphatic rings. The summed E-state index contributed by atoms with van der Waals surface area (Å²) < 4.78 is 0. The Kier molecular flexibility index (Phi) is 4.71. The minimum Gasteiger partial charge on any atom is -0.508 e. The quantitative estimate of drug-likeness (QED) is 0.683. The van der Waals surface area contributed by atoms with Crippen molar-refractivity contribution in [1.29, 1.82) is 0 Å². The Balaban J connectivity index is 1.81. The van der Waals surface area contributed by atoms with E-state index in [-0.39, 0.29) is 11.7 Å². The molecule has 0 radical (unpaired) electrons. The Morgan fingerprint density at radius 3 is 2.48 bits per heavy atom. The molecule has 1 aromatic heterocycles. The van der Waals surface area contributed by atoms with E-state index < -0.39 is 5.91 Å². The van der Waals surface area contributed by atoms with Crippen molar-refractivity contribution in [2.24, 2.45) is 0 Å². The molecular formula is C19H15N3O3. The van der Waals surface area contributed by atoms with Crippen molar-refractivity contribution < 1.29 is 14.7 Å². The minimum absolute atomic E-state index is 0.0518. The zero-order valence-corrected chi connectivity index (χ0v) is 13.1. The third kappa shape index (κ3) is 4.00. The first kappa shape index (κ1) is 16.2. The largest absolute Gasteiger partial charge is 0.508 e. The van der Waals surface area contributed by atoms with Crippen LogP contribution in [0.1, 0.15) is 20.7 Å². The number of phenols is 1. The van der Waals surface area contributed by atoms with Gasteiger partial charge >= 0.3 is 0 Å². The third-order valence-electron chi connectivity index (χ3n) is 3.45. The van der Waals surface area contributed by atoms with Gasteiger partial charge in [0.15, 0.2) is 0 Å². The zero-order chi connectivity index (χ0) is 17.6. The van der Waals surface area contributed by atoms with Crippen molar-refractivity contribution in [2.75, 3.05) is 10.6 Å². The number of carbonyl (C=O) groups is 2. The molecule has 3 rings (SSSR count). The number of para-hydroxylation sites is 1. The summed E-state index contributed by atoms with van der Waals surface area (Å²) in [6.45, 7) is 0. The topological polar surface area (TPSA) is 91.3 Å². The second-order valence-corrected chi connectivity index (χ2v) is 5.25. The predicted molar refractivity (Wildman–Crippen MR) is 94.7 cm³/mol. The average Bonchev–Trinajstić information content (AvgIpc) is 2.63. The number of phenolic OH excluding ortho intramolecular Hbond substituents is 1. The van der Waals surface area contributed by atoms with Crippen molar-refractivity contribution in [1.82, 2.24) is 4.98 Å². The average molecular weight is 333 g/mol. The number of amides is 2. The summed E-state index contributed by atoms with van der Waals surface area (Å²) in [6, 6.07) is 16.2. The van der Waals surface area contributed by atoms with E-state index in [1.165, 1.54) is 18.3 Å². The van der Waals surface area contributed by atoms with Gasteiger partial charge in [0.1, 0.15) is 5.75 Å². The highest BCUT2D eigenvalue weighted by Crippen LogP contribution is 2.20. The van der Waals surface area contributed by atoms with Gasteiger partial charge in [-0.15, -0.1) is 0 Å². The van der Waals surface area contributed by atoms with Gasteiger partial charge in [-0.05, 0) is 36.4 Å². The summed E-state index contributed by atoms with van der Waals surface area (Å²) in [5.74, 6) is -0.700. The van der Waals surface area contributed by atoms with Crippen molar-refractivity contribution in [3.63, 3.8) is 0 Å². The number of hydrogen-bond acceptors (Lipinski definition) is 4. The molecule has 0 unspecified atom stereocenters. The Morgan fingerprint density at radius 1 is 0.880 bits per heavy atom. The molecule has 3 N–H and O–H groups in total. The number of hydrogen-bond donors (Lipinski definition) is 3. The summed E-state index contributed by atoms with van der Waals surface area (Å²) in [5, 5.41) is 14.9. The van der Waals surface area contributed by atoms with Crippen molar-refractivity contribution in [3.8, 4) is 5.75 Å². The fraction of sp³-hybridized carbons (Fsp3) is 0. The smallest absolute Gasteiger partial charge is 0.257 e. The molecule has 2 aromatic carbocycles. The standard InChI is InChI=1S/C19H15N3O3/c23-15-7-3-6-14(11-15)21-19(25)16-8-1-2-9-17(16)22-18(24)13-5-4-10-20-12-13/h1-12,23H,(H,21,25)(H,22,24). The Bertz CT molecular complexity index is 911. The molecular weight excluding hydrogens is 318 g/mol. The van der Waals surface area contributed by atoms with E-state index in [9.17, 15) is 14.7 Å². The van der Waals surface area contributed by atoms with Gasteiger partial charge < -0.3 is 15.7 Å². The number of nitrogens with one attached hydrogen (secondary N) is 2. The molecule has 0 aliphatic carbocycles. The lowest BCUT2D eigenvalue weighted by Crippen LogP contribution is -2.18. The molecule has 2 amide bonds. The van der Waals surface area contributed by atoms with Gasteiger partial charge in [0, 0.05) is 24.1 Å². The van der Waals surface area contributed by atoms with Gasteiger partial charge in [-0.2, -0.15) is 0 Å². The van der Waals surface area contributed by atoms with Gasteiger partial charge in [-0.3, -0.25) is 14.6 Å². The van der Waals surface area contributed by atoms with E-state index in [2.05, 4.69) is 15.6 Å². The first-order valence-electron chi connectivity index (χ1n) is 7.54. The van der Waals surface area contributed by atoms with Gasteiger partial charge in [0.05, 0.1) is 16.8 Å². The maximum atomic E-state index is 12.5. The van der Waals surface area contributed by atoms with E-state index >= 15 is 0 Å². The van der Waals surface area contributed by atoms with Crippen LogP contribution in [0, 0.1) is 0 Å². The van der Waals surface area contributed by atoms with Crippen LogP contribution in [0.5, 0.6) is 5.75 Å². The van der Waals surface area contributed by atoms with Crippen molar-refractivity contribution in [3.05, 3.63) is 84.2 Å². The molecule has 0 fully saturated rings. The number of rotatable bonds is 4. The van der Waals surface area contributed by atoms with E-state index in [1.807, 2.05) is 0 Å². The van der Waals surface area contributed by atoms with Crippen LogP contribution in [0.15, 0.2) is 73.1 Å². The second kappa shape index (κ2) is 7.27. The highest BCUT2D eigenvalue weighted by molar-refractivity contribution is 6.12. The zero-order valence-electron chi connectivity index (χ0n) is 13.1. The summed E-state index contributed by atoms with van der Waals surface area (Å²) in [5.41, 5.74) is 1.54. The number of anilines is 2. The van der Waals surface area contributed by atoms with Crippen LogP contribution in [0.4, 0.5) is 11.4 Å². The number of aromatic hydroxyl groups is 1. The Morgan fingerprint density at radius 2 is 1.72 bits per heavy atom. The summed E-state index contributed by atoms with van der Waals surface area (Å²) in [7, 11) is 0. The van der Waals surface area contributed by atoms with Crippen molar-refractivity contribution in [2.45, 2.75) is 0 Å². The number of pyridine rings is 1. The van der Waals surface area contributed by atoms with Crippen LogP contribution >= 0.6 is 0 Å². The van der Waals surface area contributed by atoms with Crippen LogP contribution < -0.4 is 10.6 Å². The number of carbonyl (C=O) groups excluding carboxylic acids is 2. The van der Waals surface area contributed by atoms with Crippen LogP contribution in [-0.2, 0) is 0 Å². The van der Waals surface area contributed by atoms with E-state index in [4.69, 9.17) is 0 Å². The molecule has 6 heteroatoms. The molecule has 0 bridgehead atoms. The summed E-state index contributed by atoms with van der Waals surface area (Å²) in [4.78, 5) is 28.7. The fourth-order valence-electron chi connectivity index (χ4n) is 2.26. The second-order valence-electron chi connectivity index (χ2n) is 5.25. The number of nitrogens with zero attached hydrogens (tertiary/aromatic N) is 1. The molecule has 0 saturated heterocycles. The number of aromatic nitrogens is 1. The molecule has 0 saturated carbocycles. The van der Waals surface area contributed by atoms with Crippen LogP contribution in [-0.4, -0.2) is 21.9 Å². The molecule has 0 aliphatic heterocycles. The highest BCUT2D eigenvalue weighted by Gasteiger charge is 2.14. The minimum atomic E-state index is -0.396. The summed E-state index contributed by atoms with van der Waals surface area (Å²) >= 11 is 0. The molecule has 124 valence electrons. The van der Waals surface area contributed by atoms with E-state index in [0.29, 0.717) is 22.5 Å². The monoisotopic (exact) mass is 333 g/mol. The SMILES string of the molecule is O=C(Nc1ccccc1C(=O)Nc1cccc(O)c1)c1cccnc1. The number of benzene rings is 2. The lowest BCUT2D eigenvalue weighted by molar-refractivity contribution is 0.102. The molecule has 0 atom stereocenters. The maximum absolute atomic E-state index is 12.5. The van der Waals surface area contributed by atoms with E-state index in [1.54, 1.807) is 54.7 Å². The normalized spacial score (nSPS) is 10.1. The fourth-order valence-corrected chi connectivity index (χ4v) is 2.26. The maximum Gasteiger partial charge on any atom is 0.257 e. The Hall–Kier alpha value is -3.67. The van der Waals surface area contributed by atoms with Crippen LogP contribution in [0.25, 0.3) is 0 Å². The molecule has 6 nitrogen and oxygen atoms in total. The molecule has 1 heterocycles. The van der Waals surface area contributed by atoms with Gasteiger partial charge in [-0.1, -0.05) is 18.2 Å². The van der Waals surface area contributed by atoms with E-state index in [0.717, 1.165) is 0 Å². The van der Waals surface area contributed by atoms with Gasteiger partial charge in [0.25, 0.3) is 11.8 Å². The van der Waals surface area contributed by atoms with Crippen LogP contribution in [0.2, 0.25) is 0 Å². The first-order valence-corrected chi connectivity index (χ1v) is 7.54. The Labute approximate surface area is 144 Å². The summed E-state index contributed by atoms with van der Waals surface area (Å²) in [6.07, 6.45) is 3.03. The van der Waals surface area contributed by atoms with Crippen molar-refractivity contribution >= 4 is 23.2 Å². The lowest BCUT2D eigenvalue weighted by atomic mass is 10.1. The lowest BCUT2D eigenvalue weighted by Gasteiger charge is -2.11. The molecule has 25 heavy (non-hydrogen) atoms. The van der Waals surface area contributed by atoms with Crippen LogP contribution in [0.3, 0.4) is 0 Å². The predicted octanol–water partition coefficient (Wildman–Crippen LogP) is 3.29. The highest BCUT2D eigenvalue weighted by atomic mass is 16.3. The molecule has 3 aromatic rings. The third-order valence-corrected chi connectivity index (χ3v) is 3.45. The van der Waals surface area contributed by atoms with Gasteiger partial charge in [-0.25, -0.2) is 0 Å².